The Labute approximate surface area is 157 Å². The lowest BCUT2D eigenvalue weighted by molar-refractivity contribution is -0.154. The third kappa shape index (κ3) is 16.1. The molecule has 0 aromatic carbocycles. The SMILES string of the molecule is CC(C)(C)OC(=O)CCCC[C@@H](COS(C)(=O)=O)NC(=O)OC(C)(C)C. The summed E-state index contributed by atoms with van der Waals surface area (Å²) in [7, 11) is -3.62. The fourth-order valence-corrected chi connectivity index (χ4v) is 2.34. The molecule has 1 amide bonds. The minimum atomic E-state index is -3.62. The predicted molar refractivity (Wildman–Crippen MR) is 98.3 cm³/mol. The van der Waals surface area contributed by atoms with Gasteiger partial charge in [0.25, 0.3) is 10.1 Å². The van der Waals surface area contributed by atoms with E-state index in [1.807, 2.05) is 0 Å². The van der Waals surface area contributed by atoms with Gasteiger partial charge in [0.1, 0.15) is 11.2 Å². The molecule has 0 aliphatic heterocycles. The lowest BCUT2D eigenvalue weighted by atomic mass is 10.1. The van der Waals surface area contributed by atoms with E-state index in [-0.39, 0.29) is 19.0 Å². The van der Waals surface area contributed by atoms with E-state index >= 15 is 0 Å². The molecule has 0 bridgehead atoms. The molecule has 0 aromatic rings. The number of rotatable bonds is 9. The number of alkyl carbamates (subject to hydrolysis) is 1. The van der Waals surface area contributed by atoms with Crippen molar-refractivity contribution in [1.82, 2.24) is 5.32 Å². The van der Waals surface area contributed by atoms with Gasteiger partial charge in [-0.1, -0.05) is 6.42 Å². The number of unbranched alkanes of at least 4 members (excludes halogenated alkanes) is 1. The summed E-state index contributed by atoms with van der Waals surface area (Å²) in [5, 5.41) is 2.61. The van der Waals surface area contributed by atoms with Crippen molar-refractivity contribution < 1.29 is 31.7 Å². The average molecular weight is 396 g/mol. The molecule has 0 radical (unpaired) electrons. The molecule has 0 spiro atoms. The molecule has 0 aliphatic carbocycles. The van der Waals surface area contributed by atoms with E-state index in [4.69, 9.17) is 13.7 Å². The Kier molecular flexibility index (Phi) is 9.58. The van der Waals surface area contributed by atoms with Crippen molar-refractivity contribution in [2.75, 3.05) is 12.9 Å². The summed E-state index contributed by atoms with van der Waals surface area (Å²) in [6.07, 6.45) is 2.14. The smallest absolute Gasteiger partial charge is 0.407 e. The second-order valence-corrected chi connectivity index (χ2v) is 9.81. The van der Waals surface area contributed by atoms with Crippen LogP contribution in [0.4, 0.5) is 4.79 Å². The molecule has 1 atom stereocenters. The second-order valence-electron chi connectivity index (χ2n) is 8.16. The molecule has 26 heavy (non-hydrogen) atoms. The Morgan fingerprint density at radius 3 is 1.96 bits per heavy atom. The Morgan fingerprint density at radius 1 is 0.962 bits per heavy atom. The maximum absolute atomic E-state index is 11.9. The standard InChI is InChI=1S/C17H33NO7S/c1-16(2,3)24-14(19)11-9-8-10-13(12-23-26(7,21)22)18-15(20)25-17(4,5)6/h13H,8-12H2,1-7H3,(H,18,20)/t13-/m0/s1. The Bertz CT molecular complexity index is 559. The van der Waals surface area contributed by atoms with Crippen molar-refractivity contribution in [3.63, 3.8) is 0 Å². The molecule has 0 heterocycles. The van der Waals surface area contributed by atoms with E-state index in [2.05, 4.69) is 5.32 Å². The van der Waals surface area contributed by atoms with Crippen LogP contribution in [0.3, 0.4) is 0 Å². The quantitative estimate of drug-likeness (QED) is 0.363. The summed E-state index contributed by atoms with van der Waals surface area (Å²) in [5.41, 5.74) is -1.19. The van der Waals surface area contributed by atoms with Gasteiger partial charge in [0.05, 0.1) is 18.9 Å². The Hall–Kier alpha value is -1.35. The van der Waals surface area contributed by atoms with Crippen molar-refractivity contribution in [2.24, 2.45) is 0 Å². The van der Waals surface area contributed by atoms with Crippen LogP contribution < -0.4 is 5.32 Å². The van der Waals surface area contributed by atoms with Crippen molar-refractivity contribution >= 4 is 22.2 Å². The van der Waals surface area contributed by atoms with Gasteiger partial charge in [-0.25, -0.2) is 4.79 Å². The van der Waals surface area contributed by atoms with Gasteiger partial charge in [0.2, 0.25) is 0 Å². The largest absolute Gasteiger partial charge is 0.460 e. The average Bonchev–Trinajstić information content (AvgIpc) is 2.35. The van der Waals surface area contributed by atoms with Crippen molar-refractivity contribution in [2.45, 2.75) is 84.5 Å². The molecule has 0 saturated heterocycles. The number of hydrogen-bond donors (Lipinski definition) is 1. The first-order valence-corrected chi connectivity index (χ1v) is 10.4. The molecule has 154 valence electrons. The number of hydrogen-bond acceptors (Lipinski definition) is 7. The van der Waals surface area contributed by atoms with E-state index < -0.39 is 33.5 Å². The molecule has 0 saturated carbocycles. The van der Waals surface area contributed by atoms with Crippen LogP contribution in [-0.4, -0.2) is 50.6 Å². The molecule has 0 unspecified atom stereocenters. The van der Waals surface area contributed by atoms with Gasteiger partial charge in [-0.05, 0) is 54.4 Å². The molecule has 9 heteroatoms. The van der Waals surface area contributed by atoms with Crippen LogP contribution in [-0.2, 0) is 28.6 Å². The first-order valence-electron chi connectivity index (χ1n) is 8.63. The van der Waals surface area contributed by atoms with Gasteiger partial charge in [-0.15, -0.1) is 0 Å². The molecular formula is C17H33NO7S. The van der Waals surface area contributed by atoms with Crippen molar-refractivity contribution in [1.29, 1.82) is 0 Å². The number of carbonyl (C=O) groups excluding carboxylic acids is 2. The van der Waals surface area contributed by atoms with Crippen LogP contribution in [0.2, 0.25) is 0 Å². The highest BCUT2D eigenvalue weighted by molar-refractivity contribution is 7.85. The fourth-order valence-electron chi connectivity index (χ4n) is 1.93. The van der Waals surface area contributed by atoms with Crippen molar-refractivity contribution in [3.8, 4) is 0 Å². The summed E-state index contributed by atoms with van der Waals surface area (Å²) in [6.45, 7) is 10.4. The number of esters is 1. The third-order valence-electron chi connectivity index (χ3n) is 2.81. The zero-order valence-electron chi connectivity index (χ0n) is 16.9. The van der Waals surface area contributed by atoms with Crippen LogP contribution in [0, 0.1) is 0 Å². The molecule has 0 aliphatic rings. The zero-order chi connectivity index (χ0) is 20.6. The fraction of sp³-hybridized carbons (Fsp3) is 0.882. The molecule has 1 N–H and O–H groups in total. The normalized spacial score (nSPS) is 13.8. The third-order valence-corrected chi connectivity index (χ3v) is 3.37. The summed E-state index contributed by atoms with van der Waals surface area (Å²) in [5.74, 6) is -0.290. The molecule has 0 fully saturated rings. The molecule has 0 rings (SSSR count). The Balaban J connectivity index is 4.48. The van der Waals surface area contributed by atoms with E-state index in [0.29, 0.717) is 19.3 Å². The highest BCUT2D eigenvalue weighted by atomic mass is 32.2. The van der Waals surface area contributed by atoms with E-state index in [1.165, 1.54) is 0 Å². The molecule has 8 nitrogen and oxygen atoms in total. The topological polar surface area (TPSA) is 108 Å². The van der Waals surface area contributed by atoms with Crippen LogP contribution in [0.15, 0.2) is 0 Å². The molecule has 0 aromatic heterocycles. The summed E-state index contributed by atoms with van der Waals surface area (Å²) < 4.78 is 37.5. The van der Waals surface area contributed by atoms with Crippen LogP contribution in [0.1, 0.15) is 67.2 Å². The number of carbonyl (C=O) groups is 2. The maximum Gasteiger partial charge on any atom is 0.407 e. The lowest BCUT2D eigenvalue weighted by Gasteiger charge is -2.23. The Morgan fingerprint density at radius 2 is 1.50 bits per heavy atom. The number of amides is 1. The number of nitrogens with one attached hydrogen (secondary N) is 1. The van der Waals surface area contributed by atoms with Crippen LogP contribution in [0.25, 0.3) is 0 Å². The predicted octanol–water partition coefficient (Wildman–Crippen LogP) is 2.76. The highest BCUT2D eigenvalue weighted by Crippen LogP contribution is 2.12. The van der Waals surface area contributed by atoms with Gasteiger partial charge in [0.15, 0.2) is 0 Å². The summed E-state index contributed by atoms with van der Waals surface area (Å²) in [6, 6.07) is -0.543. The molecular weight excluding hydrogens is 362 g/mol. The van der Waals surface area contributed by atoms with Gasteiger partial charge < -0.3 is 14.8 Å². The minimum Gasteiger partial charge on any atom is -0.460 e. The number of ether oxygens (including phenoxy) is 2. The van der Waals surface area contributed by atoms with Gasteiger partial charge in [-0.2, -0.15) is 8.42 Å². The first kappa shape index (κ1) is 24.7. The monoisotopic (exact) mass is 395 g/mol. The summed E-state index contributed by atoms with van der Waals surface area (Å²) in [4.78, 5) is 23.6. The van der Waals surface area contributed by atoms with Crippen molar-refractivity contribution in [3.05, 3.63) is 0 Å². The maximum atomic E-state index is 11.9. The first-order chi connectivity index (χ1) is 11.6. The van der Waals surface area contributed by atoms with E-state index in [9.17, 15) is 18.0 Å². The van der Waals surface area contributed by atoms with Crippen LogP contribution in [0.5, 0.6) is 0 Å². The van der Waals surface area contributed by atoms with E-state index in [0.717, 1.165) is 6.26 Å². The second kappa shape index (κ2) is 10.1. The summed E-state index contributed by atoms with van der Waals surface area (Å²) >= 11 is 0. The highest BCUT2D eigenvalue weighted by Gasteiger charge is 2.21. The van der Waals surface area contributed by atoms with Gasteiger partial charge in [0, 0.05) is 6.42 Å². The van der Waals surface area contributed by atoms with Gasteiger partial charge in [-0.3, -0.25) is 8.98 Å². The minimum absolute atomic E-state index is 0.190. The van der Waals surface area contributed by atoms with Crippen LogP contribution >= 0.6 is 0 Å². The lowest BCUT2D eigenvalue weighted by Crippen LogP contribution is -2.41. The van der Waals surface area contributed by atoms with Gasteiger partial charge >= 0.3 is 12.1 Å². The zero-order valence-corrected chi connectivity index (χ0v) is 17.7. The van der Waals surface area contributed by atoms with E-state index in [1.54, 1.807) is 41.5 Å².